The molecule has 0 saturated heterocycles. The number of aromatic nitrogens is 1. The normalized spacial score (nSPS) is 10.7. The van der Waals surface area contributed by atoms with E-state index < -0.39 is 4.92 Å². The first kappa shape index (κ1) is 18.5. The van der Waals surface area contributed by atoms with Gasteiger partial charge in [-0.15, -0.1) is 0 Å². The molecule has 1 aromatic heterocycles. The number of hydrogen-bond donors (Lipinski definition) is 1. The minimum absolute atomic E-state index is 0.0699. The topological polar surface area (TPSA) is 89.7 Å². The number of pyridine rings is 1. The third-order valence-electron chi connectivity index (χ3n) is 3.54. The SMILES string of the molecule is O=[N+]([O-])c1ccc(NN=Cc2ccc(OCc3ccccc3)c(Br)c2)nc1. The van der Waals surface area contributed by atoms with Gasteiger partial charge in [-0.25, -0.2) is 4.98 Å². The first-order valence-corrected chi connectivity index (χ1v) is 8.77. The van der Waals surface area contributed by atoms with Crippen LogP contribution in [0.25, 0.3) is 0 Å². The Morgan fingerprint density at radius 1 is 1.19 bits per heavy atom. The lowest BCUT2D eigenvalue weighted by Gasteiger charge is -2.08. The summed E-state index contributed by atoms with van der Waals surface area (Å²) in [5.41, 5.74) is 4.60. The van der Waals surface area contributed by atoms with Crippen LogP contribution in [0.3, 0.4) is 0 Å². The van der Waals surface area contributed by atoms with Gasteiger partial charge in [-0.3, -0.25) is 15.5 Å². The highest BCUT2D eigenvalue weighted by molar-refractivity contribution is 9.10. The number of nitrogens with zero attached hydrogens (tertiary/aromatic N) is 3. The first-order chi connectivity index (χ1) is 13.1. The zero-order valence-electron chi connectivity index (χ0n) is 14.1. The molecule has 0 aliphatic rings. The zero-order chi connectivity index (χ0) is 19.1. The number of nitro groups is 1. The second kappa shape index (κ2) is 8.91. The summed E-state index contributed by atoms with van der Waals surface area (Å²) in [4.78, 5) is 14.0. The Balaban J connectivity index is 1.58. The maximum absolute atomic E-state index is 10.6. The van der Waals surface area contributed by atoms with Gasteiger partial charge in [0.05, 0.1) is 15.6 Å². The standard InChI is InChI=1S/C19H15BrN4O3/c20-17-10-15(6-8-18(17)27-13-14-4-2-1-3-5-14)11-22-23-19-9-7-16(12-21-19)24(25)26/h1-12H,13H2,(H,21,23). The van der Waals surface area contributed by atoms with Gasteiger partial charge < -0.3 is 4.74 Å². The second-order valence-corrected chi connectivity index (χ2v) is 6.35. The van der Waals surface area contributed by atoms with Crippen LogP contribution in [0.4, 0.5) is 11.5 Å². The van der Waals surface area contributed by atoms with E-state index >= 15 is 0 Å². The highest BCUT2D eigenvalue weighted by Gasteiger charge is 2.05. The van der Waals surface area contributed by atoms with Gasteiger partial charge in [-0.1, -0.05) is 30.3 Å². The Morgan fingerprint density at radius 2 is 2.00 bits per heavy atom. The average molecular weight is 427 g/mol. The Bertz CT molecular complexity index is 947. The smallest absolute Gasteiger partial charge is 0.287 e. The van der Waals surface area contributed by atoms with E-state index in [2.05, 4.69) is 31.4 Å². The summed E-state index contributed by atoms with van der Waals surface area (Å²) < 4.78 is 6.63. The van der Waals surface area contributed by atoms with E-state index in [1.165, 1.54) is 18.3 Å². The maximum atomic E-state index is 10.6. The van der Waals surface area contributed by atoms with Crippen molar-refractivity contribution in [2.24, 2.45) is 5.10 Å². The summed E-state index contributed by atoms with van der Waals surface area (Å²) in [7, 11) is 0. The summed E-state index contributed by atoms with van der Waals surface area (Å²) in [5, 5.41) is 14.7. The fourth-order valence-electron chi connectivity index (χ4n) is 2.18. The third-order valence-corrected chi connectivity index (χ3v) is 4.16. The van der Waals surface area contributed by atoms with Crippen LogP contribution < -0.4 is 10.2 Å². The molecular formula is C19H15BrN4O3. The number of hydrogen-bond acceptors (Lipinski definition) is 6. The van der Waals surface area contributed by atoms with Crippen LogP contribution in [0.15, 0.2) is 76.4 Å². The van der Waals surface area contributed by atoms with Crippen molar-refractivity contribution in [3.05, 3.63) is 92.6 Å². The summed E-state index contributed by atoms with van der Waals surface area (Å²) >= 11 is 3.50. The van der Waals surface area contributed by atoms with Crippen molar-refractivity contribution in [1.29, 1.82) is 0 Å². The molecular weight excluding hydrogens is 412 g/mol. The Hall–Kier alpha value is -3.26. The van der Waals surface area contributed by atoms with Gasteiger partial charge in [-0.05, 0) is 51.3 Å². The Kier molecular flexibility index (Phi) is 6.11. The first-order valence-electron chi connectivity index (χ1n) is 7.97. The van der Waals surface area contributed by atoms with Gasteiger partial charge in [0.15, 0.2) is 0 Å². The number of halogens is 1. The molecule has 7 nitrogen and oxygen atoms in total. The number of rotatable bonds is 7. The molecule has 3 rings (SSSR count). The molecule has 2 aromatic carbocycles. The van der Waals surface area contributed by atoms with Crippen molar-refractivity contribution >= 4 is 33.6 Å². The summed E-state index contributed by atoms with van der Waals surface area (Å²) in [6.45, 7) is 0.486. The Labute approximate surface area is 164 Å². The second-order valence-electron chi connectivity index (χ2n) is 5.49. The molecule has 8 heteroatoms. The molecule has 27 heavy (non-hydrogen) atoms. The maximum Gasteiger partial charge on any atom is 0.287 e. The predicted octanol–water partition coefficient (Wildman–Crippen LogP) is 4.78. The number of ether oxygens (including phenoxy) is 1. The quantitative estimate of drug-likeness (QED) is 0.333. The van der Waals surface area contributed by atoms with Crippen molar-refractivity contribution < 1.29 is 9.66 Å². The van der Waals surface area contributed by atoms with Crippen LogP contribution in [0, 0.1) is 10.1 Å². The molecule has 0 atom stereocenters. The molecule has 0 aliphatic heterocycles. The minimum Gasteiger partial charge on any atom is -0.488 e. The van der Waals surface area contributed by atoms with Gasteiger partial charge >= 0.3 is 0 Å². The number of benzene rings is 2. The van der Waals surface area contributed by atoms with Crippen molar-refractivity contribution in [3.8, 4) is 5.75 Å². The van der Waals surface area contributed by atoms with Crippen LogP contribution in [-0.2, 0) is 6.61 Å². The molecule has 0 radical (unpaired) electrons. The average Bonchev–Trinajstić information content (AvgIpc) is 2.68. The summed E-state index contributed by atoms with van der Waals surface area (Å²) in [6.07, 6.45) is 2.79. The van der Waals surface area contributed by atoms with Crippen molar-refractivity contribution in [3.63, 3.8) is 0 Å². The van der Waals surface area contributed by atoms with Crippen molar-refractivity contribution in [2.75, 3.05) is 5.43 Å². The van der Waals surface area contributed by atoms with Gasteiger partial charge in [0.1, 0.15) is 24.4 Å². The van der Waals surface area contributed by atoms with Crippen LogP contribution >= 0.6 is 15.9 Å². The lowest BCUT2D eigenvalue weighted by Crippen LogP contribution is -1.97. The Morgan fingerprint density at radius 3 is 2.67 bits per heavy atom. The van der Waals surface area contributed by atoms with Crippen LogP contribution in [0.5, 0.6) is 5.75 Å². The fraction of sp³-hybridized carbons (Fsp3) is 0.0526. The largest absolute Gasteiger partial charge is 0.488 e. The third kappa shape index (κ3) is 5.35. The van der Waals surface area contributed by atoms with E-state index in [0.717, 1.165) is 21.3 Å². The number of anilines is 1. The molecule has 136 valence electrons. The molecule has 1 N–H and O–H groups in total. The van der Waals surface area contributed by atoms with E-state index in [1.807, 2.05) is 48.5 Å². The lowest BCUT2D eigenvalue weighted by molar-refractivity contribution is -0.385. The van der Waals surface area contributed by atoms with E-state index in [4.69, 9.17) is 4.74 Å². The molecule has 0 unspecified atom stereocenters. The number of nitrogens with one attached hydrogen (secondary N) is 1. The van der Waals surface area contributed by atoms with E-state index in [-0.39, 0.29) is 5.69 Å². The molecule has 0 saturated carbocycles. The zero-order valence-corrected chi connectivity index (χ0v) is 15.7. The number of hydrazone groups is 1. The molecule has 1 heterocycles. The van der Waals surface area contributed by atoms with Crippen molar-refractivity contribution in [1.82, 2.24) is 4.98 Å². The molecule has 3 aromatic rings. The van der Waals surface area contributed by atoms with E-state index in [9.17, 15) is 10.1 Å². The minimum atomic E-state index is -0.501. The van der Waals surface area contributed by atoms with Gasteiger partial charge in [0, 0.05) is 6.07 Å². The van der Waals surface area contributed by atoms with Crippen LogP contribution in [-0.4, -0.2) is 16.1 Å². The predicted molar refractivity (Wildman–Crippen MR) is 107 cm³/mol. The van der Waals surface area contributed by atoms with Gasteiger partial charge in [-0.2, -0.15) is 5.10 Å². The van der Waals surface area contributed by atoms with Gasteiger partial charge in [0.25, 0.3) is 5.69 Å². The monoisotopic (exact) mass is 426 g/mol. The summed E-state index contributed by atoms with van der Waals surface area (Å²) in [5.74, 6) is 1.15. The molecule has 0 fully saturated rings. The fourth-order valence-corrected chi connectivity index (χ4v) is 2.69. The molecule has 0 amide bonds. The highest BCUT2D eigenvalue weighted by atomic mass is 79.9. The van der Waals surface area contributed by atoms with Crippen molar-refractivity contribution in [2.45, 2.75) is 6.61 Å². The highest BCUT2D eigenvalue weighted by Crippen LogP contribution is 2.26. The van der Waals surface area contributed by atoms with E-state index in [1.54, 1.807) is 6.21 Å². The summed E-state index contributed by atoms with van der Waals surface area (Å²) in [6, 6.07) is 18.4. The molecule has 0 spiro atoms. The van der Waals surface area contributed by atoms with E-state index in [0.29, 0.717) is 12.4 Å². The molecule has 0 bridgehead atoms. The van der Waals surface area contributed by atoms with Crippen LogP contribution in [0.2, 0.25) is 0 Å². The lowest BCUT2D eigenvalue weighted by atomic mass is 10.2. The van der Waals surface area contributed by atoms with Gasteiger partial charge in [0.2, 0.25) is 0 Å². The molecule has 0 aliphatic carbocycles. The van der Waals surface area contributed by atoms with Crippen LogP contribution in [0.1, 0.15) is 11.1 Å².